The predicted molar refractivity (Wildman–Crippen MR) is 125 cm³/mol. The molecule has 0 fully saturated rings. The Kier molecular flexibility index (Phi) is 6.26. The third kappa shape index (κ3) is 4.95. The number of aryl methyl sites for hydroxylation is 2. The fraction of sp³-hybridized carbons (Fsp3) is 0.160. The standard InChI is InChI=1S/C25H23N5O3/c1-17-9-11-19(12-10-17)16-29-24(32)22(23(31)27-15-20-7-3-4-13-26-20)28-30(25(29)33)21-8-5-6-18(2)14-21/h3-14H,15-16H2,1-2H3,(H,27,31). The van der Waals surface area contributed by atoms with Crippen LogP contribution in [0.3, 0.4) is 0 Å². The van der Waals surface area contributed by atoms with Crippen molar-refractivity contribution < 1.29 is 4.79 Å². The van der Waals surface area contributed by atoms with E-state index >= 15 is 0 Å². The van der Waals surface area contributed by atoms with E-state index in [4.69, 9.17) is 0 Å². The molecule has 33 heavy (non-hydrogen) atoms. The molecule has 4 aromatic rings. The average Bonchev–Trinajstić information content (AvgIpc) is 2.82. The summed E-state index contributed by atoms with van der Waals surface area (Å²) in [5.74, 6) is -0.676. The second-order valence-electron chi connectivity index (χ2n) is 7.76. The fourth-order valence-corrected chi connectivity index (χ4v) is 3.36. The highest BCUT2D eigenvalue weighted by atomic mass is 16.2. The Hall–Kier alpha value is -4.33. The van der Waals surface area contributed by atoms with Gasteiger partial charge in [-0.3, -0.25) is 19.1 Å². The van der Waals surface area contributed by atoms with Crippen LogP contribution in [0, 0.1) is 13.8 Å². The molecule has 1 N–H and O–H groups in total. The Morgan fingerprint density at radius 3 is 2.42 bits per heavy atom. The molecule has 166 valence electrons. The molecule has 0 aliphatic rings. The van der Waals surface area contributed by atoms with Crippen molar-refractivity contribution in [1.29, 1.82) is 0 Å². The number of pyridine rings is 1. The lowest BCUT2D eigenvalue weighted by Crippen LogP contribution is -2.46. The molecular weight excluding hydrogens is 418 g/mol. The molecule has 0 bridgehead atoms. The van der Waals surface area contributed by atoms with Gasteiger partial charge in [0.05, 0.1) is 24.5 Å². The number of carbonyl (C=O) groups excluding carboxylic acids is 1. The molecule has 0 spiro atoms. The number of carbonyl (C=O) groups is 1. The van der Waals surface area contributed by atoms with Crippen molar-refractivity contribution in [3.05, 3.63) is 122 Å². The summed E-state index contributed by atoms with van der Waals surface area (Å²) in [4.78, 5) is 43.5. The maximum absolute atomic E-state index is 13.2. The number of benzene rings is 2. The van der Waals surface area contributed by atoms with Crippen molar-refractivity contribution in [3.8, 4) is 5.69 Å². The number of aromatic nitrogens is 4. The van der Waals surface area contributed by atoms with Crippen LogP contribution in [-0.2, 0) is 13.1 Å². The van der Waals surface area contributed by atoms with Gasteiger partial charge in [0.25, 0.3) is 11.5 Å². The molecule has 8 nitrogen and oxygen atoms in total. The van der Waals surface area contributed by atoms with Crippen LogP contribution in [0.5, 0.6) is 0 Å². The number of amides is 1. The average molecular weight is 441 g/mol. The number of hydrogen-bond donors (Lipinski definition) is 1. The second-order valence-corrected chi connectivity index (χ2v) is 7.76. The first-order valence-electron chi connectivity index (χ1n) is 10.5. The number of nitrogens with zero attached hydrogens (tertiary/aromatic N) is 4. The highest BCUT2D eigenvalue weighted by molar-refractivity contribution is 5.91. The van der Waals surface area contributed by atoms with Crippen molar-refractivity contribution in [2.75, 3.05) is 0 Å². The maximum atomic E-state index is 13.2. The molecule has 0 saturated carbocycles. The predicted octanol–water partition coefficient (Wildman–Crippen LogP) is 2.38. The van der Waals surface area contributed by atoms with Gasteiger partial charge in [-0.15, -0.1) is 0 Å². The molecule has 8 heteroatoms. The number of rotatable bonds is 6. The van der Waals surface area contributed by atoms with Crippen LogP contribution >= 0.6 is 0 Å². The minimum atomic E-state index is -0.747. The summed E-state index contributed by atoms with van der Waals surface area (Å²) in [5.41, 5.74) is 2.12. The first-order valence-corrected chi connectivity index (χ1v) is 10.5. The van der Waals surface area contributed by atoms with E-state index in [1.807, 2.05) is 44.2 Å². The third-order valence-corrected chi connectivity index (χ3v) is 5.14. The normalized spacial score (nSPS) is 10.7. The first-order chi connectivity index (χ1) is 15.9. The molecular formula is C25H23N5O3. The van der Waals surface area contributed by atoms with Gasteiger partial charge in [0.1, 0.15) is 0 Å². The summed E-state index contributed by atoms with van der Waals surface area (Å²) >= 11 is 0. The summed E-state index contributed by atoms with van der Waals surface area (Å²) < 4.78 is 2.13. The SMILES string of the molecule is Cc1ccc(Cn2c(=O)c(C(=O)NCc3ccccn3)nn(-c3cccc(C)c3)c2=O)cc1. The molecule has 2 aromatic heterocycles. The summed E-state index contributed by atoms with van der Waals surface area (Å²) in [6.45, 7) is 3.99. The fourth-order valence-electron chi connectivity index (χ4n) is 3.36. The monoisotopic (exact) mass is 441 g/mol. The van der Waals surface area contributed by atoms with Crippen LogP contribution in [0.25, 0.3) is 5.69 Å². The Bertz CT molecular complexity index is 1410. The van der Waals surface area contributed by atoms with Gasteiger partial charge in [-0.25, -0.2) is 4.79 Å². The molecule has 0 atom stereocenters. The molecule has 0 aliphatic carbocycles. The van der Waals surface area contributed by atoms with E-state index in [-0.39, 0.29) is 18.8 Å². The van der Waals surface area contributed by atoms with Crippen LogP contribution in [0.4, 0.5) is 0 Å². The number of hydrogen-bond acceptors (Lipinski definition) is 5. The van der Waals surface area contributed by atoms with Gasteiger partial charge in [0.15, 0.2) is 0 Å². The maximum Gasteiger partial charge on any atom is 0.352 e. The van der Waals surface area contributed by atoms with Crippen LogP contribution < -0.4 is 16.6 Å². The van der Waals surface area contributed by atoms with Crippen molar-refractivity contribution in [1.82, 2.24) is 24.6 Å². The van der Waals surface area contributed by atoms with Crippen molar-refractivity contribution in [3.63, 3.8) is 0 Å². The van der Waals surface area contributed by atoms with Gasteiger partial charge in [-0.1, -0.05) is 48.0 Å². The van der Waals surface area contributed by atoms with Crippen LogP contribution in [0.2, 0.25) is 0 Å². The summed E-state index contributed by atoms with van der Waals surface area (Å²) in [6, 6.07) is 20.0. The van der Waals surface area contributed by atoms with Gasteiger partial charge in [0.2, 0.25) is 5.69 Å². The highest BCUT2D eigenvalue weighted by Crippen LogP contribution is 2.08. The third-order valence-electron chi connectivity index (χ3n) is 5.14. The summed E-state index contributed by atoms with van der Waals surface area (Å²) in [7, 11) is 0. The molecule has 0 aliphatic heterocycles. The van der Waals surface area contributed by atoms with Crippen molar-refractivity contribution in [2.45, 2.75) is 26.9 Å². The molecule has 4 rings (SSSR count). The van der Waals surface area contributed by atoms with Crippen molar-refractivity contribution in [2.24, 2.45) is 0 Å². The van der Waals surface area contributed by atoms with Gasteiger partial charge in [-0.2, -0.15) is 9.78 Å². The highest BCUT2D eigenvalue weighted by Gasteiger charge is 2.20. The van der Waals surface area contributed by atoms with E-state index in [1.54, 1.807) is 42.6 Å². The zero-order chi connectivity index (χ0) is 23.4. The second kappa shape index (κ2) is 9.44. The molecule has 2 heterocycles. The van der Waals surface area contributed by atoms with Crippen molar-refractivity contribution >= 4 is 5.91 Å². The Balaban J connectivity index is 1.78. The minimum absolute atomic E-state index is 0.0206. The lowest BCUT2D eigenvalue weighted by molar-refractivity contribution is 0.0940. The molecule has 0 saturated heterocycles. The van der Waals surface area contributed by atoms with E-state index < -0.39 is 17.2 Å². The van der Waals surface area contributed by atoms with E-state index in [0.29, 0.717) is 11.4 Å². The van der Waals surface area contributed by atoms with E-state index in [2.05, 4.69) is 15.4 Å². The largest absolute Gasteiger partial charge is 0.352 e. The Labute approximate surface area is 190 Å². The minimum Gasteiger partial charge on any atom is -0.345 e. The van der Waals surface area contributed by atoms with Crippen LogP contribution in [0.1, 0.15) is 32.9 Å². The molecule has 1 amide bonds. The molecule has 2 aromatic carbocycles. The van der Waals surface area contributed by atoms with E-state index in [0.717, 1.165) is 25.9 Å². The van der Waals surface area contributed by atoms with Gasteiger partial charge in [-0.05, 0) is 49.2 Å². The quantitative estimate of drug-likeness (QED) is 0.495. The lowest BCUT2D eigenvalue weighted by atomic mass is 10.1. The van der Waals surface area contributed by atoms with Gasteiger partial charge >= 0.3 is 5.69 Å². The first kappa shape index (κ1) is 21.9. The van der Waals surface area contributed by atoms with E-state index in [1.165, 1.54) is 0 Å². The van der Waals surface area contributed by atoms with Crippen LogP contribution in [-0.4, -0.2) is 25.2 Å². The topological polar surface area (TPSA) is 98.9 Å². The summed E-state index contributed by atoms with van der Waals surface area (Å²) in [5, 5.41) is 6.82. The lowest BCUT2D eigenvalue weighted by Gasteiger charge is -2.13. The van der Waals surface area contributed by atoms with E-state index in [9.17, 15) is 14.4 Å². The Morgan fingerprint density at radius 1 is 0.939 bits per heavy atom. The molecule has 0 unspecified atom stereocenters. The zero-order valence-corrected chi connectivity index (χ0v) is 18.4. The van der Waals surface area contributed by atoms with Gasteiger partial charge in [0, 0.05) is 6.20 Å². The smallest absolute Gasteiger partial charge is 0.345 e. The van der Waals surface area contributed by atoms with Gasteiger partial charge < -0.3 is 5.32 Å². The Morgan fingerprint density at radius 2 is 1.73 bits per heavy atom. The molecule has 0 radical (unpaired) electrons. The van der Waals surface area contributed by atoms with Crippen LogP contribution in [0.15, 0.2) is 82.5 Å². The summed E-state index contributed by atoms with van der Waals surface area (Å²) in [6.07, 6.45) is 1.62. The number of nitrogens with one attached hydrogen (secondary N) is 1. The zero-order valence-electron chi connectivity index (χ0n) is 18.4.